The normalized spacial score (nSPS) is 28.2. The van der Waals surface area contributed by atoms with Crippen molar-refractivity contribution in [3.05, 3.63) is 18.0 Å². The van der Waals surface area contributed by atoms with E-state index in [0.717, 1.165) is 18.5 Å². The van der Waals surface area contributed by atoms with Crippen LogP contribution in [-0.4, -0.2) is 52.7 Å². The average molecular weight is 351 g/mol. The van der Waals surface area contributed by atoms with Crippen LogP contribution in [0.5, 0.6) is 0 Å². The Hall–Kier alpha value is -1.60. The zero-order chi connectivity index (χ0) is 18.9. The maximum atomic E-state index is 10.7. The molecule has 142 valence electrons. The minimum Gasteiger partial charge on any atom is -0.383 e. The molecule has 3 N–H and O–H groups in total. The second kappa shape index (κ2) is 6.96. The van der Waals surface area contributed by atoms with Crippen molar-refractivity contribution in [3.8, 4) is 0 Å². The molecule has 1 saturated carbocycles. The van der Waals surface area contributed by atoms with Gasteiger partial charge in [0.1, 0.15) is 5.60 Å². The summed E-state index contributed by atoms with van der Waals surface area (Å²) in [6, 6.07) is 0.263. The Morgan fingerprint density at radius 3 is 2.68 bits per heavy atom. The van der Waals surface area contributed by atoms with Gasteiger partial charge >= 0.3 is 0 Å². The van der Waals surface area contributed by atoms with Gasteiger partial charge in [0, 0.05) is 43.9 Å². The lowest BCUT2D eigenvalue weighted by atomic mass is 9.56. The summed E-state index contributed by atoms with van der Waals surface area (Å²) >= 11 is 0. The molecule has 7 nitrogen and oxygen atoms in total. The van der Waals surface area contributed by atoms with Gasteiger partial charge in [-0.25, -0.2) is 4.99 Å². The van der Waals surface area contributed by atoms with Gasteiger partial charge in [0.25, 0.3) is 0 Å². The highest BCUT2D eigenvalue weighted by Gasteiger charge is 2.58. The molecule has 1 aliphatic rings. The number of ether oxygens (including phenoxy) is 1. The van der Waals surface area contributed by atoms with Crippen LogP contribution in [0.2, 0.25) is 0 Å². The van der Waals surface area contributed by atoms with Crippen molar-refractivity contribution in [3.63, 3.8) is 0 Å². The molecule has 0 radical (unpaired) electrons. The minimum absolute atomic E-state index is 0.0101. The Bertz CT molecular complexity index is 623. The fourth-order valence-electron chi connectivity index (χ4n) is 3.23. The number of nitrogens with one attached hydrogen (secondary N) is 2. The van der Waals surface area contributed by atoms with Gasteiger partial charge in [-0.15, -0.1) is 0 Å². The van der Waals surface area contributed by atoms with Crippen molar-refractivity contribution < 1.29 is 9.84 Å². The van der Waals surface area contributed by atoms with E-state index >= 15 is 0 Å². The summed E-state index contributed by atoms with van der Waals surface area (Å²) in [7, 11) is 3.60. The van der Waals surface area contributed by atoms with Crippen LogP contribution in [0.1, 0.15) is 46.6 Å². The van der Waals surface area contributed by atoms with Crippen molar-refractivity contribution in [1.82, 2.24) is 20.4 Å². The molecule has 1 heterocycles. The lowest BCUT2D eigenvalue weighted by Crippen LogP contribution is -2.69. The SMILES string of the molecule is CCNC(=NCC(C)(O)c1cnn(C)c1)NC1CC(C)(OC)C1(C)C. The van der Waals surface area contributed by atoms with E-state index in [1.807, 2.05) is 20.2 Å². The highest BCUT2D eigenvalue weighted by atomic mass is 16.5. The smallest absolute Gasteiger partial charge is 0.191 e. The number of aliphatic imine (C=N–C) groups is 1. The van der Waals surface area contributed by atoms with Crippen molar-refractivity contribution >= 4 is 5.96 Å². The van der Waals surface area contributed by atoms with Crippen molar-refractivity contribution in [2.24, 2.45) is 17.5 Å². The Labute approximate surface area is 150 Å². The number of rotatable bonds is 6. The Kier molecular flexibility index (Phi) is 5.49. The van der Waals surface area contributed by atoms with E-state index in [9.17, 15) is 5.11 Å². The Morgan fingerprint density at radius 1 is 1.52 bits per heavy atom. The lowest BCUT2D eigenvalue weighted by molar-refractivity contribution is -0.176. The van der Waals surface area contributed by atoms with Gasteiger partial charge in [-0.2, -0.15) is 5.10 Å². The maximum Gasteiger partial charge on any atom is 0.191 e. The van der Waals surface area contributed by atoms with E-state index in [4.69, 9.17) is 4.74 Å². The van der Waals surface area contributed by atoms with Crippen LogP contribution in [-0.2, 0) is 17.4 Å². The van der Waals surface area contributed by atoms with Gasteiger partial charge in [0.2, 0.25) is 0 Å². The Morgan fingerprint density at radius 2 is 2.20 bits per heavy atom. The average Bonchev–Trinajstić information content (AvgIpc) is 2.99. The topological polar surface area (TPSA) is 83.7 Å². The van der Waals surface area contributed by atoms with Gasteiger partial charge in [0.15, 0.2) is 5.96 Å². The van der Waals surface area contributed by atoms with Gasteiger partial charge in [-0.3, -0.25) is 4.68 Å². The highest BCUT2D eigenvalue weighted by molar-refractivity contribution is 5.80. The Balaban J connectivity index is 2.07. The molecular weight excluding hydrogens is 318 g/mol. The van der Waals surface area contributed by atoms with E-state index in [-0.39, 0.29) is 23.6 Å². The predicted octanol–water partition coefficient (Wildman–Crippen LogP) is 1.39. The van der Waals surface area contributed by atoms with Crippen LogP contribution >= 0.6 is 0 Å². The van der Waals surface area contributed by atoms with E-state index < -0.39 is 5.60 Å². The van der Waals surface area contributed by atoms with Crippen molar-refractivity contribution in [2.45, 2.75) is 58.3 Å². The van der Waals surface area contributed by atoms with Crippen LogP contribution in [0.15, 0.2) is 17.4 Å². The molecule has 0 bridgehead atoms. The van der Waals surface area contributed by atoms with Gasteiger partial charge in [-0.1, -0.05) is 13.8 Å². The van der Waals surface area contributed by atoms with Crippen LogP contribution in [0.3, 0.4) is 0 Å². The van der Waals surface area contributed by atoms with E-state index in [1.165, 1.54) is 0 Å². The monoisotopic (exact) mass is 351 g/mol. The summed E-state index contributed by atoms with van der Waals surface area (Å²) in [5.41, 5.74) is -0.453. The molecule has 1 aliphatic carbocycles. The first kappa shape index (κ1) is 19.7. The number of nitrogens with zero attached hydrogens (tertiary/aromatic N) is 3. The lowest BCUT2D eigenvalue weighted by Gasteiger charge is -2.59. The molecule has 2 rings (SSSR count). The number of methoxy groups -OCH3 is 1. The number of guanidine groups is 1. The summed E-state index contributed by atoms with van der Waals surface area (Å²) in [6.07, 6.45) is 4.41. The summed E-state index contributed by atoms with van der Waals surface area (Å²) in [4.78, 5) is 4.60. The second-order valence-electron chi connectivity index (χ2n) is 7.93. The molecule has 0 saturated heterocycles. The van der Waals surface area contributed by atoms with Crippen molar-refractivity contribution in [2.75, 3.05) is 20.2 Å². The molecule has 0 spiro atoms. The third-order valence-corrected chi connectivity index (χ3v) is 5.81. The standard InChI is InChI=1S/C18H33N5O2/c1-8-19-15(22-14-9-18(5,25-7)16(14,2)3)20-12-17(4,24)13-10-21-23(6)11-13/h10-11,14,24H,8-9,12H2,1-7H3,(H2,19,20,22). The van der Waals surface area contributed by atoms with Gasteiger partial charge < -0.3 is 20.5 Å². The zero-order valence-electron chi connectivity index (χ0n) is 16.6. The summed E-state index contributed by atoms with van der Waals surface area (Å²) < 4.78 is 7.37. The predicted molar refractivity (Wildman–Crippen MR) is 99.5 cm³/mol. The fourth-order valence-corrected chi connectivity index (χ4v) is 3.23. The number of aliphatic hydroxyl groups is 1. The second-order valence-corrected chi connectivity index (χ2v) is 7.93. The molecule has 0 aliphatic heterocycles. The number of aryl methyl sites for hydroxylation is 1. The van der Waals surface area contributed by atoms with Crippen LogP contribution in [0.4, 0.5) is 0 Å². The molecule has 1 aromatic rings. The molecule has 1 aromatic heterocycles. The molecule has 25 heavy (non-hydrogen) atoms. The molecule has 0 amide bonds. The first-order valence-corrected chi connectivity index (χ1v) is 8.87. The number of hydrogen-bond acceptors (Lipinski definition) is 4. The largest absolute Gasteiger partial charge is 0.383 e. The minimum atomic E-state index is -1.06. The van der Waals surface area contributed by atoms with Gasteiger partial charge in [0.05, 0.1) is 18.3 Å². The summed E-state index contributed by atoms with van der Waals surface area (Å²) in [5, 5.41) is 21.6. The third kappa shape index (κ3) is 3.82. The molecule has 3 unspecified atom stereocenters. The number of hydrogen-bond donors (Lipinski definition) is 3. The highest BCUT2D eigenvalue weighted by Crippen LogP contribution is 2.51. The van der Waals surface area contributed by atoms with E-state index in [0.29, 0.717) is 5.96 Å². The first-order chi connectivity index (χ1) is 11.6. The fraction of sp³-hybridized carbons (Fsp3) is 0.778. The summed E-state index contributed by atoms with van der Waals surface area (Å²) in [5.74, 6) is 0.711. The molecule has 1 fully saturated rings. The third-order valence-electron chi connectivity index (χ3n) is 5.81. The maximum absolute atomic E-state index is 10.7. The van der Waals surface area contributed by atoms with Crippen LogP contribution in [0, 0.1) is 5.41 Å². The molecular formula is C18H33N5O2. The zero-order valence-corrected chi connectivity index (χ0v) is 16.6. The van der Waals surface area contributed by atoms with Gasteiger partial charge in [-0.05, 0) is 27.2 Å². The number of aromatic nitrogens is 2. The summed E-state index contributed by atoms with van der Waals surface area (Å²) in [6.45, 7) is 11.3. The van der Waals surface area contributed by atoms with Crippen LogP contribution in [0.25, 0.3) is 0 Å². The first-order valence-electron chi connectivity index (χ1n) is 8.87. The molecule has 0 aromatic carbocycles. The molecule has 7 heteroatoms. The van der Waals surface area contributed by atoms with E-state index in [2.05, 4.69) is 41.5 Å². The quantitative estimate of drug-likeness (QED) is 0.533. The van der Waals surface area contributed by atoms with Crippen LogP contribution < -0.4 is 10.6 Å². The molecule has 3 atom stereocenters. The van der Waals surface area contributed by atoms with Crippen molar-refractivity contribution in [1.29, 1.82) is 0 Å². The van der Waals surface area contributed by atoms with E-state index in [1.54, 1.807) is 24.9 Å².